The zero-order valence-corrected chi connectivity index (χ0v) is 11.6. The monoisotopic (exact) mass is 266 g/mol. The average molecular weight is 266 g/mol. The van der Waals surface area contributed by atoms with Gasteiger partial charge in [0.25, 0.3) is 0 Å². The van der Waals surface area contributed by atoms with E-state index in [4.69, 9.17) is 0 Å². The quantitative estimate of drug-likeness (QED) is 0.838. The number of carbonyl (C=O) groups excluding carboxylic acids is 1. The number of fused-ring (bicyclic) bond motifs is 1. The van der Waals surface area contributed by atoms with Crippen molar-refractivity contribution in [2.45, 2.75) is 32.1 Å². The lowest BCUT2D eigenvalue weighted by molar-refractivity contribution is 0.101. The summed E-state index contributed by atoms with van der Waals surface area (Å²) in [6.07, 6.45) is 2.79. The maximum absolute atomic E-state index is 11.5. The van der Waals surface area contributed by atoms with E-state index >= 15 is 0 Å². The number of benzene rings is 2. The van der Waals surface area contributed by atoms with Gasteiger partial charge in [-0.1, -0.05) is 36.4 Å². The van der Waals surface area contributed by atoms with E-state index in [0.29, 0.717) is 11.5 Å². The van der Waals surface area contributed by atoms with Crippen molar-refractivity contribution >= 4 is 5.78 Å². The van der Waals surface area contributed by atoms with Crippen molar-refractivity contribution in [3.05, 3.63) is 64.7 Å². The van der Waals surface area contributed by atoms with Gasteiger partial charge in [-0.15, -0.1) is 0 Å². The first kappa shape index (κ1) is 12.9. The molecule has 1 aliphatic carbocycles. The van der Waals surface area contributed by atoms with Crippen molar-refractivity contribution < 1.29 is 9.90 Å². The summed E-state index contributed by atoms with van der Waals surface area (Å²) in [5.41, 5.74) is 3.94. The molecule has 2 aromatic carbocycles. The third kappa shape index (κ3) is 2.22. The summed E-state index contributed by atoms with van der Waals surface area (Å²) in [6.45, 7) is 1.50. The van der Waals surface area contributed by atoms with Gasteiger partial charge in [-0.3, -0.25) is 4.79 Å². The molecule has 20 heavy (non-hydrogen) atoms. The van der Waals surface area contributed by atoms with Gasteiger partial charge in [0.2, 0.25) is 0 Å². The summed E-state index contributed by atoms with van der Waals surface area (Å²) in [7, 11) is 0. The largest absolute Gasteiger partial charge is 0.507 e. The minimum absolute atomic E-state index is 0.0736. The molecule has 0 saturated carbocycles. The first-order valence-electron chi connectivity index (χ1n) is 7.06. The summed E-state index contributed by atoms with van der Waals surface area (Å²) in [5, 5.41) is 10.2. The van der Waals surface area contributed by atoms with Gasteiger partial charge in [0.05, 0.1) is 5.56 Å². The van der Waals surface area contributed by atoms with E-state index in [1.54, 1.807) is 6.07 Å². The zero-order valence-electron chi connectivity index (χ0n) is 11.6. The fourth-order valence-electron chi connectivity index (χ4n) is 3.13. The Balaban J connectivity index is 1.93. The van der Waals surface area contributed by atoms with Crippen molar-refractivity contribution in [2.24, 2.45) is 0 Å². The van der Waals surface area contributed by atoms with Crippen LogP contribution in [-0.2, 0) is 12.8 Å². The van der Waals surface area contributed by atoms with E-state index in [-0.39, 0.29) is 11.5 Å². The van der Waals surface area contributed by atoms with Gasteiger partial charge in [0.15, 0.2) is 5.78 Å². The highest BCUT2D eigenvalue weighted by Gasteiger charge is 2.24. The van der Waals surface area contributed by atoms with E-state index in [2.05, 4.69) is 24.3 Å². The molecular weight excluding hydrogens is 248 g/mol. The SMILES string of the molecule is CC(=O)c1ccc2c(c1O)CCC(c1ccccc1)C2. The van der Waals surface area contributed by atoms with E-state index < -0.39 is 0 Å². The fraction of sp³-hybridized carbons (Fsp3) is 0.278. The minimum atomic E-state index is -0.0736. The maximum atomic E-state index is 11.5. The Kier molecular flexibility index (Phi) is 3.31. The Bertz CT molecular complexity index is 644. The van der Waals surface area contributed by atoms with Crippen LogP contribution in [0.15, 0.2) is 42.5 Å². The zero-order chi connectivity index (χ0) is 14.1. The van der Waals surface area contributed by atoms with Crippen LogP contribution in [0.5, 0.6) is 5.75 Å². The molecule has 1 unspecified atom stereocenters. The van der Waals surface area contributed by atoms with Crippen LogP contribution in [0.3, 0.4) is 0 Å². The predicted molar refractivity (Wildman–Crippen MR) is 79.3 cm³/mol. The number of rotatable bonds is 2. The molecule has 2 aromatic rings. The maximum Gasteiger partial charge on any atom is 0.163 e. The second-order valence-electron chi connectivity index (χ2n) is 5.51. The summed E-state index contributed by atoms with van der Waals surface area (Å²) < 4.78 is 0. The molecule has 1 N–H and O–H groups in total. The number of aromatic hydroxyl groups is 1. The molecule has 0 saturated heterocycles. The van der Waals surface area contributed by atoms with E-state index in [0.717, 1.165) is 24.8 Å². The van der Waals surface area contributed by atoms with Crippen molar-refractivity contribution in [3.63, 3.8) is 0 Å². The van der Waals surface area contributed by atoms with Gasteiger partial charge in [0.1, 0.15) is 5.75 Å². The molecule has 0 heterocycles. The Morgan fingerprint density at radius 2 is 1.90 bits per heavy atom. The van der Waals surface area contributed by atoms with E-state index in [1.165, 1.54) is 18.1 Å². The first-order chi connectivity index (χ1) is 9.66. The summed E-state index contributed by atoms with van der Waals surface area (Å²) >= 11 is 0. The van der Waals surface area contributed by atoms with Crippen LogP contribution in [0.1, 0.15) is 46.3 Å². The van der Waals surface area contributed by atoms with Crippen LogP contribution in [0.4, 0.5) is 0 Å². The Morgan fingerprint density at radius 3 is 2.60 bits per heavy atom. The lowest BCUT2D eigenvalue weighted by Gasteiger charge is -2.26. The number of phenolic OH excluding ortho intramolecular Hbond substituents is 1. The van der Waals surface area contributed by atoms with Gasteiger partial charge in [-0.25, -0.2) is 0 Å². The Morgan fingerprint density at radius 1 is 1.15 bits per heavy atom. The van der Waals surface area contributed by atoms with Crippen LogP contribution >= 0.6 is 0 Å². The third-order valence-electron chi connectivity index (χ3n) is 4.24. The molecule has 0 fully saturated rings. The highest BCUT2D eigenvalue weighted by molar-refractivity contribution is 5.97. The predicted octanol–water partition coefficient (Wildman–Crippen LogP) is 3.87. The molecule has 0 amide bonds. The number of carbonyl (C=O) groups is 1. The molecular formula is C18H18O2. The normalized spacial score (nSPS) is 17.6. The van der Waals surface area contributed by atoms with Crippen molar-refractivity contribution in [3.8, 4) is 5.75 Å². The Hall–Kier alpha value is -2.09. The van der Waals surface area contributed by atoms with Gasteiger partial charge >= 0.3 is 0 Å². The molecule has 1 aliphatic rings. The standard InChI is InChI=1S/C18H18O2/c1-12(19)16-9-8-15-11-14(7-10-17(15)18(16)20)13-5-3-2-4-6-13/h2-6,8-9,14,20H,7,10-11H2,1H3. The second kappa shape index (κ2) is 5.12. The number of Topliss-reactive ketones (excluding diaryl/α,β-unsaturated/α-hetero) is 1. The van der Waals surface area contributed by atoms with Crippen LogP contribution in [0, 0.1) is 0 Å². The number of hydrogen-bond acceptors (Lipinski definition) is 2. The smallest absolute Gasteiger partial charge is 0.163 e. The van der Waals surface area contributed by atoms with Crippen LogP contribution in [0.2, 0.25) is 0 Å². The van der Waals surface area contributed by atoms with Gasteiger partial charge in [-0.05, 0) is 54.9 Å². The molecule has 2 heteroatoms. The van der Waals surface area contributed by atoms with E-state index in [1.807, 2.05) is 12.1 Å². The number of phenols is 1. The van der Waals surface area contributed by atoms with Gasteiger partial charge in [-0.2, -0.15) is 0 Å². The highest BCUT2D eigenvalue weighted by Crippen LogP contribution is 2.37. The third-order valence-corrected chi connectivity index (χ3v) is 4.24. The highest BCUT2D eigenvalue weighted by atomic mass is 16.3. The van der Waals surface area contributed by atoms with Crippen LogP contribution in [-0.4, -0.2) is 10.9 Å². The van der Waals surface area contributed by atoms with Gasteiger partial charge in [0, 0.05) is 0 Å². The molecule has 0 spiro atoms. The minimum Gasteiger partial charge on any atom is -0.507 e. The molecule has 0 bridgehead atoms. The topological polar surface area (TPSA) is 37.3 Å². The fourth-order valence-corrected chi connectivity index (χ4v) is 3.13. The Labute approximate surface area is 119 Å². The van der Waals surface area contributed by atoms with Crippen molar-refractivity contribution in [1.29, 1.82) is 0 Å². The number of ketones is 1. The lowest BCUT2D eigenvalue weighted by Crippen LogP contribution is -2.14. The summed E-state index contributed by atoms with van der Waals surface area (Å²) in [5.74, 6) is 0.628. The summed E-state index contributed by atoms with van der Waals surface area (Å²) in [6, 6.07) is 14.3. The first-order valence-corrected chi connectivity index (χ1v) is 7.06. The van der Waals surface area contributed by atoms with E-state index in [9.17, 15) is 9.90 Å². The van der Waals surface area contributed by atoms with Gasteiger partial charge < -0.3 is 5.11 Å². The van der Waals surface area contributed by atoms with Crippen LogP contribution < -0.4 is 0 Å². The molecule has 0 radical (unpaired) electrons. The molecule has 3 rings (SSSR count). The van der Waals surface area contributed by atoms with Crippen molar-refractivity contribution in [2.75, 3.05) is 0 Å². The second-order valence-corrected chi connectivity index (χ2v) is 5.51. The molecule has 2 nitrogen and oxygen atoms in total. The van der Waals surface area contributed by atoms with Crippen molar-refractivity contribution in [1.82, 2.24) is 0 Å². The summed E-state index contributed by atoms with van der Waals surface area (Å²) in [4.78, 5) is 11.5. The molecule has 0 aromatic heterocycles. The van der Waals surface area contributed by atoms with Crippen LogP contribution in [0.25, 0.3) is 0 Å². The molecule has 1 atom stereocenters. The average Bonchev–Trinajstić information content (AvgIpc) is 2.48. The lowest BCUT2D eigenvalue weighted by atomic mass is 9.79. The number of hydrogen-bond donors (Lipinski definition) is 1. The molecule has 0 aliphatic heterocycles. The molecule has 102 valence electrons.